The van der Waals surface area contributed by atoms with Crippen LogP contribution < -0.4 is 10.1 Å². The molecule has 0 fully saturated rings. The summed E-state index contributed by atoms with van der Waals surface area (Å²) in [5.74, 6) is 1.84. The third-order valence-electron chi connectivity index (χ3n) is 3.87. The van der Waals surface area contributed by atoms with Crippen molar-refractivity contribution in [3.63, 3.8) is 0 Å². The van der Waals surface area contributed by atoms with Gasteiger partial charge < -0.3 is 14.6 Å². The number of amides is 1. The van der Waals surface area contributed by atoms with Crippen LogP contribution >= 0.6 is 11.8 Å². The molecule has 0 saturated carbocycles. The lowest BCUT2D eigenvalue weighted by molar-refractivity contribution is -0.118. The van der Waals surface area contributed by atoms with E-state index in [0.717, 1.165) is 36.5 Å². The van der Waals surface area contributed by atoms with Gasteiger partial charge in [-0.05, 0) is 18.6 Å². The highest BCUT2D eigenvalue weighted by Gasteiger charge is 2.15. The van der Waals surface area contributed by atoms with Gasteiger partial charge in [-0.2, -0.15) is 0 Å². The molecule has 2 rings (SSSR count). The van der Waals surface area contributed by atoms with Crippen molar-refractivity contribution in [2.24, 2.45) is 7.05 Å². The molecule has 0 atom stereocenters. The number of para-hydroxylation sites is 1. The average Bonchev–Trinajstić information content (AvgIpc) is 3.00. The number of hydrogen-bond donors (Lipinski definition) is 1. The van der Waals surface area contributed by atoms with Gasteiger partial charge >= 0.3 is 0 Å². The Morgan fingerprint density at radius 3 is 2.80 bits per heavy atom. The van der Waals surface area contributed by atoms with Crippen LogP contribution in [0.15, 0.2) is 29.4 Å². The van der Waals surface area contributed by atoms with Gasteiger partial charge in [-0.25, -0.2) is 0 Å². The molecule has 0 aliphatic heterocycles. The van der Waals surface area contributed by atoms with E-state index in [9.17, 15) is 4.79 Å². The highest BCUT2D eigenvalue weighted by atomic mass is 32.2. The number of hydrogen-bond acceptors (Lipinski definition) is 5. The summed E-state index contributed by atoms with van der Waals surface area (Å²) in [7, 11) is 3.53. The van der Waals surface area contributed by atoms with Gasteiger partial charge in [-0.3, -0.25) is 4.79 Å². The molecule has 136 valence electrons. The molecule has 0 aliphatic carbocycles. The zero-order valence-corrected chi connectivity index (χ0v) is 15.9. The lowest BCUT2D eigenvalue weighted by Crippen LogP contribution is -2.26. The lowest BCUT2D eigenvalue weighted by atomic mass is 10.2. The highest BCUT2D eigenvalue weighted by molar-refractivity contribution is 7.99. The molecule has 1 amide bonds. The predicted molar refractivity (Wildman–Crippen MR) is 101 cm³/mol. The van der Waals surface area contributed by atoms with Crippen molar-refractivity contribution in [1.82, 2.24) is 20.1 Å². The van der Waals surface area contributed by atoms with Crippen LogP contribution in [0.5, 0.6) is 5.75 Å². The smallest absolute Gasteiger partial charge is 0.230 e. The maximum atomic E-state index is 11.9. The quantitative estimate of drug-likeness (QED) is 0.519. The van der Waals surface area contributed by atoms with Crippen molar-refractivity contribution < 1.29 is 9.53 Å². The summed E-state index contributed by atoms with van der Waals surface area (Å²) in [5.41, 5.74) is 0.882. The van der Waals surface area contributed by atoms with E-state index in [1.54, 1.807) is 7.11 Å². The minimum atomic E-state index is 0.0309. The number of thioether (sulfide) groups is 1. The minimum Gasteiger partial charge on any atom is -0.496 e. The molecule has 0 radical (unpaired) electrons. The fraction of sp³-hybridized carbons (Fsp3) is 0.500. The van der Waals surface area contributed by atoms with Gasteiger partial charge in [0.15, 0.2) is 11.0 Å². The van der Waals surface area contributed by atoms with E-state index in [-0.39, 0.29) is 5.91 Å². The van der Waals surface area contributed by atoms with Crippen LogP contribution in [0.4, 0.5) is 0 Å². The Bertz CT molecular complexity index is 687. The van der Waals surface area contributed by atoms with Crippen LogP contribution in [0.3, 0.4) is 0 Å². The summed E-state index contributed by atoms with van der Waals surface area (Å²) >= 11 is 1.39. The molecule has 0 bridgehead atoms. The molecule has 0 spiro atoms. The van der Waals surface area contributed by atoms with Crippen molar-refractivity contribution in [1.29, 1.82) is 0 Å². The second kappa shape index (κ2) is 10.1. The molecule has 0 saturated heterocycles. The Morgan fingerprint density at radius 2 is 2.04 bits per heavy atom. The number of rotatable bonds is 10. The SMILES string of the molecule is CCCCCCNC(=O)CSc1nnc(-c2ccccc2OC)n1C. The van der Waals surface area contributed by atoms with Crippen LogP contribution in [0.1, 0.15) is 32.6 Å². The molecule has 0 unspecified atom stereocenters. The van der Waals surface area contributed by atoms with Crippen molar-refractivity contribution in [3.8, 4) is 17.1 Å². The van der Waals surface area contributed by atoms with Crippen LogP contribution in [-0.4, -0.2) is 40.1 Å². The first-order chi connectivity index (χ1) is 12.2. The first-order valence-electron chi connectivity index (χ1n) is 8.59. The van der Waals surface area contributed by atoms with Gasteiger partial charge in [0, 0.05) is 13.6 Å². The van der Waals surface area contributed by atoms with Crippen LogP contribution in [0, 0.1) is 0 Å². The summed E-state index contributed by atoms with van der Waals surface area (Å²) in [6, 6.07) is 7.69. The number of unbranched alkanes of at least 4 members (excludes halogenated alkanes) is 3. The molecule has 1 N–H and O–H groups in total. The summed E-state index contributed by atoms with van der Waals surface area (Å²) < 4.78 is 7.27. The Kier molecular flexibility index (Phi) is 7.78. The maximum Gasteiger partial charge on any atom is 0.230 e. The number of aromatic nitrogens is 3. The fourth-order valence-electron chi connectivity index (χ4n) is 2.47. The van der Waals surface area contributed by atoms with E-state index in [0.29, 0.717) is 10.9 Å². The number of nitrogens with zero attached hydrogens (tertiary/aromatic N) is 3. The third kappa shape index (κ3) is 5.49. The van der Waals surface area contributed by atoms with Crippen molar-refractivity contribution >= 4 is 17.7 Å². The number of ether oxygens (including phenoxy) is 1. The van der Waals surface area contributed by atoms with Gasteiger partial charge in [0.2, 0.25) is 5.91 Å². The van der Waals surface area contributed by atoms with E-state index in [1.807, 2.05) is 35.9 Å². The van der Waals surface area contributed by atoms with Crippen molar-refractivity contribution in [2.45, 2.75) is 37.8 Å². The molecule has 2 aromatic rings. The molecule has 6 nitrogen and oxygen atoms in total. The minimum absolute atomic E-state index is 0.0309. The Morgan fingerprint density at radius 1 is 1.24 bits per heavy atom. The number of carbonyl (C=O) groups is 1. The molecule has 0 aliphatic rings. The van der Waals surface area contributed by atoms with E-state index >= 15 is 0 Å². The van der Waals surface area contributed by atoms with E-state index in [1.165, 1.54) is 24.6 Å². The topological polar surface area (TPSA) is 69.0 Å². The number of nitrogens with one attached hydrogen (secondary N) is 1. The standard InChI is InChI=1S/C18H26N4O2S/c1-4-5-6-9-12-19-16(23)13-25-18-21-20-17(22(18)2)14-10-7-8-11-15(14)24-3/h7-8,10-11H,4-6,9,12-13H2,1-3H3,(H,19,23). The number of carbonyl (C=O) groups excluding carboxylic acids is 1. The monoisotopic (exact) mass is 362 g/mol. The van der Waals surface area contributed by atoms with E-state index in [4.69, 9.17) is 4.74 Å². The van der Waals surface area contributed by atoms with Crippen LogP contribution in [0.2, 0.25) is 0 Å². The normalized spacial score (nSPS) is 10.7. The average molecular weight is 362 g/mol. The summed E-state index contributed by atoms with van der Waals surface area (Å²) in [6.07, 6.45) is 4.61. The Labute approximate surface area is 153 Å². The van der Waals surface area contributed by atoms with Crippen LogP contribution in [-0.2, 0) is 11.8 Å². The molecule has 1 heterocycles. The molecule has 1 aromatic heterocycles. The molecular weight excluding hydrogens is 336 g/mol. The largest absolute Gasteiger partial charge is 0.496 e. The third-order valence-corrected chi connectivity index (χ3v) is 4.89. The Hall–Kier alpha value is -2.02. The van der Waals surface area contributed by atoms with Gasteiger partial charge in [0.05, 0.1) is 18.4 Å². The lowest BCUT2D eigenvalue weighted by Gasteiger charge is -2.08. The van der Waals surface area contributed by atoms with Crippen LogP contribution in [0.25, 0.3) is 11.4 Å². The summed E-state index contributed by atoms with van der Waals surface area (Å²) in [4.78, 5) is 11.9. The Balaban J connectivity index is 1.90. The zero-order chi connectivity index (χ0) is 18.1. The predicted octanol–water partition coefficient (Wildman–Crippen LogP) is 3.28. The summed E-state index contributed by atoms with van der Waals surface area (Å²) in [6.45, 7) is 2.92. The first-order valence-corrected chi connectivity index (χ1v) is 9.58. The second-order valence-corrected chi connectivity index (χ2v) is 6.71. The fourth-order valence-corrected chi connectivity index (χ4v) is 3.21. The molecule has 1 aromatic carbocycles. The molecule has 25 heavy (non-hydrogen) atoms. The second-order valence-electron chi connectivity index (χ2n) is 5.76. The molecular formula is C18H26N4O2S. The van der Waals surface area contributed by atoms with Gasteiger partial charge in [0.25, 0.3) is 0 Å². The maximum absolute atomic E-state index is 11.9. The summed E-state index contributed by atoms with van der Waals surface area (Å²) in [5, 5.41) is 12.1. The zero-order valence-electron chi connectivity index (χ0n) is 15.1. The van der Waals surface area contributed by atoms with Crippen molar-refractivity contribution in [2.75, 3.05) is 19.4 Å². The van der Waals surface area contributed by atoms with Gasteiger partial charge in [-0.15, -0.1) is 10.2 Å². The van der Waals surface area contributed by atoms with Gasteiger partial charge in [-0.1, -0.05) is 50.1 Å². The van der Waals surface area contributed by atoms with E-state index < -0.39 is 0 Å². The highest BCUT2D eigenvalue weighted by Crippen LogP contribution is 2.29. The number of methoxy groups -OCH3 is 1. The van der Waals surface area contributed by atoms with E-state index in [2.05, 4.69) is 22.4 Å². The molecule has 7 heteroatoms. The van der Waals surface area contributed by atoms with Crippen molar-refractivity contribution in [3.05, 3.63) is 24.3 Å². The van der Waals surface area contributed by atoms with Gasteiger partial charge in [0.1, 0.15) is 5.75 Å². The number of benzene rings is 1. The first kappa shape index (κ1) is 19.3.